The number of phenols is 1. The summed E-state index contributed by atoms with van der Waals surface area (Å²) in [5.41, 5.74) is 0.211. The predicted molar refractivity (Wildman–Crippen MR) is 90.7 cm³/mol. The minimum Gasteiger partial charge on any atom is -0.507 e. The minimum atomic E-state index is -4.35. The number of benzene rings is 2. The topological polar surface area (TPSA) is 43.8 Å². The van der Waals surface area contributed by atoms with E-state index in [0.29, 0.717) is 38.3 Å². The molecule has 1 amide bonds. The zero-order valence-corrected chi connectivity index (χ0v) is 14.0. The van der Waals surface area contributed by atoms with E-state index in [-0.39, 0.29) is 17.2 Å². The highest BCUT2D eigenvalue weighted by Crippen LogP contribution is 2.29. The zero-order valence-electron chi connectivity index (χ0n) is 14.0. The summed E-state index contributed by atoms with van der Waals surface area (Å²) in [6.45, 7) is 2.46. The largest absolute Gasteiger partial charge is 0.507 e. The highest BCUT2D eigenvalue weighted by molar-refractivity contribution is 5.96. The Morgan fingerprint density at radius 2 is 1.69 bits per heavy atom. The number of nitrogens with zero attached hydrogens (tertiary/aromatic N) is 2. The van der Waals surface area contributed by atoms with Gasteiger partial charge >= 0.3 is 6.18 Å². The second-order valence-corrected chi connectivity index (χ2v) is 6.28. The van der Waals surface area contributed by atoms with Gasteiger partial charge in [0.05, 0.1) is 11.1 Å². The molecule has 0 spiro atoms. The second-order valence-electron chi connectivity index (χ2n) is 6.28. The Kier molecular flexibility index (Phi) is 5.18. The van der Waals surface area contributed by atoms with Crippen molar-refractivity contribution in [3.8, 4) is 5.75 Å². The van der Waals surface area contributed by atoms with Gasteiger partial charge in [0.1, 0.15) is 5.75 Å². The Morgan fingerprint density at radius 1 is 1.00 bits per heavy atom. The molecular formula is C19H19F3N2O2. The number of carbonyl (C=O) groups is 1. The SMILES string of the molecule is O=C(c1ccccc1O)N1CCN(Cc2cccc(C(F)(F)F)c2)CC1. The molecule has 1 heterocycles. The molecule has 7 heteroatoms. The van der Waals surface area contributed by atoms with Gasteiger partial charge in [-0.3, -0.25) is 9.69 Å². The summed E-state index contributed by atoms with van der Waals surface area (Å²) in [4.78, 5) is 16.1. The van der Waals surface area contributed by atoms with Crippen LogP contribution in [0.3, 0.4) is 0 Å². The number of para-hydroxylation sites is 1. The van der Waals surface area contributed by atoms with E-state index >= 15 is 0 Å². The number of rotatable bonds is 3. The van der Waals surface area contributed by atoms with Gasteiger partial charge in [-0.05, 0) is 23.8 Å². The molecule has 1 fully saturated rings. The summed E-state index contributed by atoms with van der Waals surface area (Å²) >= 11 is 0. The molecule has 0 bridgehead atoms. The van der Waals surface area contributed by atoms with Crippen molar-refractivity contribution in [2.75, 3.05) is 26.2 Å². The number of carbonyl (C=O) groups excluding carboxylic acids is 1. The summed E-state index contributed by atoms with van der Waals surface area (Å²) in [6.07, 6.45) is -4.35. The first-order valence-electron chi connectivity index (χ1n) is 8.30. The van der Waals surface area contributed by atoms with Crippen LogP contribution in [-0.2, 0) is 12.7 Å². The van der Waals surface area contributed by atoms with Gasteiger partial charge in [-0.15, -0.1) is 0 Å². The number of alkyl halides is 3. The first-order chi connectivity index (χ1) is 12.3. The molecule has 4 nitrogen and oxygen atoms in total. The third-order valence-corrected chi connectivity index (χ3v) is 4.45. The van der Waals surface area contributed by atoms with Crippen LogP contribution >= 0.6 is 0 Å². The standard InChI is InChI=1S/C19H19F3N2O2/c20-19(21,22)15-5-3-4-14(12-15)13-23-8-10-24(11-9-23)18(26)16-6-1-2-7-17(16)25/h1-7,12,25H,8-11,13H2. The lowest BCUT2D eigenvalue weighted by atomic mass is 10.1. The lowest BCUT2D eigenvalue weighted by Gasteiger charge is -2.35. The van der Waals surface area contributed by atoms with E-state index in [0.717, 1.165) is 6.07 Å². The van der Waals surface area contributed by atoms with Gasteiger partial charge in [0.15, 0.2) is 0 Å². The van der Waals surface area contributed by atoms with Crippen LogP contribution in [0.4, 0.5) is 13.2 Å². The van der Waals surface area contributed by atoms with E-state index in [2.05, 4.69) is 0 Å². The van der Waals surface area contributed by atoms with Crippen molar-refractivity contribution in [1.82, 2.24) is 9.80 Å². The molecule has 26 heavy (non-hydrogen) atoms. The second kappa shape index (κ2) is 7.37. The van der Waals surface area contributed by atoms with Gasteiger partial charge in [-0.1, -0.05) is 30.3 Å². The van der Waals surface area contributed by atoms with Gasteiger partial charge in [0.2, 0.25) is 0 Å². The van der Waals surface area contributed by atoms with Gasteiger partial charge in [0.25, 0.3) is 5.91 Å². The van der Waals surface area contributed by atoms with Crippen LogP contribution in [-0.4, -0.2) is 47.0 Å². The molecule has 1 saturated heterocycles. The van der Waals surface area contributed by atoms with E-state index in [1.165, 1.54) is 18.2 Å². The van der Waals surface area contributed by atoms with Crippen LogP contribution < -0.4 is 0 Å². The molecular weight excluding hydrogens is 345 g/mol. The van der Waals surface area contributed by atoms with Gasteiger partial charge < -0.3 is 10.0 Å². The van der Waals surface area contributed by atoms with Crippen LogP contribution in [0.1, 0.15) is 21.5 Å². The molecule has 0 unspecified atom stereocenters. The van der Waals surface area contributed by atoms with Crippen molar-refractivity contribution in [2.24, 2.45) is 0 Å². The molecule has 1 aliphatic heterocycles. The third kappa shape index (κ3) is 4.16. The zero-order chi connectivity index (χ0) is 18.7. The first kappa shape index (κ1) is 18.3. The van der Waals surface area contributed by atoms with Crippen LogP contribution in [0, 0.1) is 0 Å². The molecule has 1 aliphatic rings. The fraction of sp³-hybridized carbons (Fsp3) is 0.316. The molecule has 0 atom stereocenters. The summed E-state index contributed by atoms with van der Waals surface area (Å²) in [7, 11) is 0. The Morgan fingerprint density at radius 3 is 2.35 bits per heavy atom. The maximum Gasteiger partial charge on any atom is 0.416 e. The van der Waals surface area contributed by atoms with E-state index in [9.17, 15) is 23.1 Å². The lowest BCUT2D eigenvalue weighted by molar-refractivity contribution is -0.137. The van der Waals surface area contributed by atoms with Crippen molar-refractivity contribution in [3.63, 3.8) is 0 Å². The fourth-order valence-corrected chi connectivity index (χ4v) is 3.04. The highest BCUT2D eigenvalue weighted by Gasteiger charge is 2.30. The van der Waals surface area contributed by atoms with Crippen molar-refractivity contribution >= 4 is 5.91 Å². The predicted octanol–water partition coefficient (Wildman–Crippen LogP) is 3.37. The van der Waals surface area contributed by atoms with E-state index < -0.39 is 11.7 Å². The van der Waals surface area contributed by atoms with Crippen LogP contribution in [0.25, 0.3) is 0 Å². The molecule has 138 valence electrons. The molecule has 0 aliphatic carbocycles. The van der Waals surface area contributed by atoms with Crippen LogP contribution in [0.5, 0.6) is 5.75 Å². The van der Waals surface area contributed by atoms with Gasteiger partial charge in [0, 0.05) is 32.7 Å². The maximum absolute atomic E-state index is 12.8. The summed E-state index contributed by atoms with van der Waals surface area (Å²) in [5, 5.41) is 9.80. The monoisotopic (exact) mass is 364 g/mol. The van der Waals surface area contributed by atoms with Crippen LogP contribution in [0.2, 0.25) is 0 Å². The number of halogens is 3. The first-order valence-corrected chi connectivity index (χ1v) is 8.30. The van der Waals surface area contributed by atoms with E-state index in [1.54, 1.807) is 29.2 Å². The molecule has 0 aromatic heterocycles. The summed E-state index contributed by atoms with van der Waals surface area (Å²) < 4.78 is 38.4. The molecule has 2 aromatic carbocycles. The molecule has 0 radical (unpaired) electrons. The maximum atomic E-state index is 12.8. The quantitative estimate of drug-likeness (QED) is 0.908. The number of phenolic OH excluding ortho intramolecular Hbond substituents is 1. The van der Waals surface area contributed by atoms with Crippen molar-refractivity contribution in [3.05, 3.63) is 65.2 Å². The lowest BCUT2D eigenvalue weighted by Crippen LogP contribution is -2.48. The molecule has 0 saturated carbocycles. The summed E-state index contributed by atoms with van der Waals surface area (Å²) in [6, 6.07) is 11.7. The average Bonchev–Trinajstić information content (AvgIpc) is 2.62. The van der Waals surface area contributed by atoms with E-state index in [1.807, 2.05) is 4.90 Å². The number of hydrogen-bond donors (Lipinski definition) is 1. The highest BCUT2D eigenvalue weighted by atomic mass is 19.4. The Hall–Kier alpha value is -2.54. The van der Waals surface area contributed by atoms with Crippen molar-refractivity contribution in [1.29, 1.82) is 0 Å². The van der Waals surface area contributed by atoms with Gasteiger partial charge in [-0.25, -0.2) is 0 Å². The average molecular weight is 364 g/mol. The summed E-state index contributed by atoms with van der Waals surface area (Å²) in [5.74, 6) is -0.286. The van der Waals surface area contributed by atoms with Crippen LogP contribution in [0.15, 0.2) is 48.5 Å². The number of aromatic hydroxyl groups is 1. The fourth-order valence-electron chi connectivity index (χ4n) is 3.04. The van der Waals surface area contributed by atoms with Crippen molar-refractivity contribution < 1.29 is 23.1 Å². The number of piperazine rings is 1. The third-order valence-electron chi connectivity index (χ3n) is 4.45. The smallest absolute Gasteiger partial charge is 0.416 e. The van der Waals surface area contributed by atoms with Crippen molar-refractivity contribution in [2.45, 2.75) is 12.7 Å². The molecule has 3 rings (SSSR count). The molecule has 1 N–H and O–H groups in total. The number of hydrogen-bond acceptors (Lipinski definition) is 3. The Labute approximate surface area is 149 Å². The molecule has 2 aromatic rings. The minimum absolute atomic E-state index is 0.0519. The van der Waals surface area contributed by atoms with Gasteiger partial charge in [-0.2, -0.15) is 13.2 Å². The number of amides is 1. The normalized spacial score (nSPS) is 15.9. The van der Waals surface area contributed by atoms with E-state index in [4.69, 9.17) is 0 Å². The Bertz CT molecular complexity index is 784. The Balaban J connectivity index is 1.59.